The lowest BCUT2D eigenvalue weighted by Gasteiger charge is -2.23. The number of benzene rings is 1. The van der Waals surface area contributed by atoms with Crippen LogP contribution in [0.5, 0.6) is 11.5 Å². The first kappa shape index (κ1) is 11.6. The minimum absolute atomic E-state index is 0.355. The van der Waals surface area contributed by atoms with Crippen LogP contribution in [0.15, 0.2) is 18.2 Å². The molecular weight excluding hydrogens is 192 g/mol. The molecule has 0 spiro atoms. The van der Waals surface area contributed by atoms with Gasteiger partial charge >= 0.3 is 0 Å². The number of para-hydroxylation sites is 1. The van der Waals surface area contributed by atoms with Gasteiger partial charge in [0.1, 0.15) is 5.60 Å². The number of ether oxygens (including phenoxy) is 2. The van der Waals surface area contributed by atoms with E-state index >= 15 is 0 Å². The van der Waals surface area contributed by atoms with E-state index < -0.39 is 0 Å². The van der Waals surface area contributed by atoms with Gasteiger partial charge in [0.05, 0.1) is 12.7 Å². The van der Waals surface area contributed by atoms with E-state index in [-0.39, 0.29) is 5.60 Å². The van der Waals surface area contributed by atoms with Crippen molar-refractivity contribution in [2.45, 2.75) is 26.4 Å². The third kappa shape index (κ3) is 2.98. The molecule has 0 saturated heterocycles. The molecule has 0 radical (unpaired) electrons. The molecule has 3 nitrogen and oxygen atoms in total. The minimum atomic E-state index is -0.355. The van der Waals surface area contributed by atoms with Crippen molar-refractivity contribution in [2.24, 2.45) is 0 Å². The molecule has 0 aliphatic carbocycles. The molecule has 0 saturated carbocycles. The van der Waals surface area contributed by atoms with Crippen molar-refractivity contribution in [3.63, 3.8) is 0 Å². The van der Waals surface area contributed by atoms with E-state index in [2.05, 4.69) is 0 Å². The summed E-state index contributed by atoms with van der Waals surface area (Å²) in [6.45, 7) is 5.77. The van der Waals surface area contributed by atoms with E-state index in [0.717, 1.165) is 6.29 Å². The molecule has 0 aromatic heterocycles. The maximum atomic E-state index is 10.8. The summed E-state index contributed by atoms with van der Waals surface area (Å²) in [7, 11) is 1.55. The Labute approximate surface area is 90.0 Å². The summed E-state index contributed by atoms with van der Waals surface area (Å²) in [6, 6.07) is 5.24. The highest BCUT2D eigenvalue weighted by Crippen LogP contribution is 2.32. The van der Waals surface area contributed by atoms with E-state index in [9.17, 15) is 4.79 Å². The Morgan fingerprint density at radius 1 is 1.27 bits per heavy atom. The Hall–Kier alpha value is -1.51. The topological polar surface area (TPSA) is 35.5 Å². The molecule has 15 heavy (non-hydrogen) atoms. The Kier molecular flexibility index (Phi) is 3.35. The minimum Gasteiger partial charge on any atom is -0.493 e. The van der Waals surface area contributed by atoms with Gasteiger partial charge in [-0.25, -0.2) is 0 Å². The van der Waals surface area contributed by atoms with Gasteiger partial charge in [0.15, 0.2) is 17.8 Å². The summed E-state index contributed by atoms with van der Waals surface area (Å²) >= 11 is 0. The van der Waals surface area contributed by atoms with Crippen molar-refractivity contribution < 1.29 is 14.3 Å². The molecular formula is C12H16O3. The van der Waals surface area contributed by atoms with E-state index in [4.69, 9.17) is 9.47 Å². The molecule has 82 valence electrons. The number of carbonyl (C=O) groups is 1. The summed E-state index contributed by atoms with van der Waals surface area (Å²) in [5, 5.41) is 0. The fourth-order valence-corrected chi connectivity index (χ4v) is 1.20. The van der Waals surface area contributed by atoms with Gasteiger partial charge in [-0.3, -0.25) is 4.79 Å². The summed E-state index contributed by atoms with van der Waals surface area (Å²) in [4.78, 5) is 10.8. The molecule has 0 heterocycles. The monoisotopic (exact) mass is 208 g/mol. The molecule has 0 fully saturated rings. The number of aldehydes is 1. The van der Waals surface area contributed by atoms with E-state index in [0.29, 0.717) is 17.1 Å². The molecule has 0 aliphatic rings. The smallest absolute Gasteiger partial charge is 0.172 e. The first-order chi connectivity index (χ1) is 6.98. The lowest BCUT2D eigenvalue weighted by molar-refractivity contribution is 0.108. The summed E-state index contributed by atoms with van der Waals surface area (Å²) in [6.07, 6.45) is 0.767. The Bertz CT molecular complexity index is 350. The fourth-order valence-electron chi connectivity index (χ4n) is 1.20. The van der Waals surface area contributed by atoms with Gasteiger partial charge in [-0.15, -0.1) is 0 Å². The molecule has 0 bridgehead atoms. The van der Waals surface area contributed by atoms with Crippen LogP contribution in [-0.4, -0.2) is 19.0 Å². The molecule has 0 unspecified atom stereocenters. The Morgan fingerprint density at radius 2 is 1.93 bits per heavy atom. The van der Waals surface area contributed by atoms with Gasteiger partial charge < -0.3 is 9.47 Å². The zero-order valence-electron chi connectivity index (χ0n) is 9.53. The molecule has 0 atom stereocenters. The zero-order valence-corrected chi connectivity index (χ0v) is 9.53. The molecule has 1 aromatic carbocycles. The lowest BCUT2D eigenvalue weighted by atomic mass is 10.1. The zero-order chi connectivity index (χ0) is 11.5. The molecule has 1 aromatic rings. The number of hydrogen-bond acceptors (Lipinski definition) is 3. The standard InChI is InChI=1S/C12H16O3/c1-12(2,3)15-11-9(8-13)6-5-7-10(11)14-4/h5-8H,1-4H3. The third-order valence-electron chi connectivity index (χ3n) is 1.76. The summed E-state index contributed by atoms with van der Waals surface area (Å²) in [5.41, 5.74) is 0.149. The molecule has 0 amide bonds. The maximum absolute atomic E-state index is 10.8. The van der Waals surface area contributed by atoms with Crippen LogP contribution < -0.4 is 9.47 Å². The second-order valence-corrected chi connectivity index (χ2v) is 4.21. The van der Waals surface area contributed by atoms with Gasteiger partial charge in [-0.2, -0.15) is 0 Å². The van der Waals surface area contributed by atoms with Gasteiger partial charge in [0.25, 0.3) is 0 Å². The Balaban J connectivity index is 3.16. The normalized spacial score (nSPS) is 10.9. The van der Waals surface area contributed by atoms with Crippen LogP contribution in [0.1, 0.15) is 31.1 Å². The average molecular weight is 208 g/mol. The van der Waals surface area contributed by atoms with Crippen molar-refractivity contribution >= 4 is 6.29 Å². The van der Waals surface area contributed by atoms with Gasteiger partial charge in [0.2, 0.25) is 0 Å². The van der Waals surface area contributed by atoms with Crippen LogP contribution >= 0.6 is 0 Å². The van der Waals surface area contributed by atoms with Crippen LogP contribution in [0.2, 0.25) is 0 Å². The second kappa shape index (κ2) is 4.34. The first-order valence-electron chi connectivity index (χ1n) is 4.79. The van der Waals surface area contributed by atoms with Crippen LogP contribution in [0.3, 0.4) is 0 Å². The predicted octanol–water partition coefficient (Wildman–Crippen LogP) is 2.69. The maximum Gasteiger partial charge on any atom is 0.172 e. The van der Waals surface area contributed by atoms with Crippen LogP contribution in [0.25, 0.3) is 0 Å². The average Bonchev–Trinajstić information content (AvgIpc) is 2.16. The Morgan fingerprint density at radius 3 is 2.40 bits per heavy atom. The van der Waals surface area contributed by atoms with Crippen LogP contribution in [0.4, 0.5) is 0 Å². The first-order valence-corrected chi connectivity index (χ1v) is 4.79. The van der Waals surface area contributed by atoms with E-state index in [1.807, 2.05) is 20.8 Å². The van der Waals surface area contributed by atoms with Crippen LogP contribution in [0, 0.1) is 0 Å². The number of rotatable bonds is 3. The highest BCUT2D eigenvalue weighted by atomic mass is 16.5. The van der Waals surface area contributed by atoms with Gasteiger partial charge in [0, 0.05) is 0 Å². The number of hydrogen-bond donors (Lipinski definition) is 0. The van der Waals surface area contributed by atoms with Crippen LogP contribution in [-0.2, 0) is 0 Å². The quantitative estimate of drug-likeness (QED) is 0.716. The van der Waals surface area contributed by atoms with Crippen molar-refractivity contribution in [3.05, 3.63) is 23.8 Å². The lowest BCUT2D eigenvalue weighted by Crippen LogP contribution is -2.24. The van der Waals surface area contributed by atoms with Crippen molar-refractivity contribution in [1.29, 1.82) is 0 Å². The number of methoxy groups -OCH3 is 1. The molecule has 1 rings (SSSR count). The molecule has 0 N–H and O–H groups in total. The second-order valence-electron chi connectivity index (χ2n) is 4.21. The van der Waals surface area contributed by atoms with Gasteiger partial charge in [-0.05, 0) is 32.9 Å². The largest absolute Gasteiger partial charge is 0.493 e. The van der Waals surface area contributed by atoms with E-state index in [1.165, 1.54) is 0 Å². The van der Waals surface area contributed by atoms with Gasteiger partial charge in [-0.1, -0.05) is 6.07 Å². The third-order valence-corrected chi connectivity index (χ3v) is 1.76. The number of carbonyl (C=O) groups excluding carboxylic acids is 1. The highest BCUT2D eigenvalue weighted by Gasteiger charge is 2.18. The summed E-state index contributed by atoms with van der Waals surface area (Å²) in [5.74, 6) is 1.08. The molecule has 0 aliphatic heterocycles. The van der Waals surface area contributed by atoms with Crippen molar-refractivity contribution in [1.82, 2.24) is 0 Å². The highest BCUT2D eigenvalue weighted by molar-refractivity contribution is 5.81. The summed E-state index contributed by atoms with van der Waals surface area (Å²) < 4.78 is 10.8. The van der Waals surface area contributed by atoms with Crippen molar-refractivity contribution in [2.75, 3.05) is 7.11 Å². The molecule has 3 heteroatoms. The SMILES string of the molecule is COc1cccc(C=O)c1OC(C)(C)C. The predicted molar refractivity (Wildman–Crippen MR) is 58.8 cm³/mol. The van der Waals surface area contributed by atoms with E-state index in [1.54, 1.807) is 25.3 Å². The van der Waals surface area contributed by atoms with Crippen molar-refractivity contribution in [3.8, 4) is 11.5 Å². The fraction of sp³-hybridized carbons (Fsp3) is 0.417.